The number of benzene rings is 1. The molecule has 2 atom stereocenters. The van der Waals surface area contributed by atoms with Crippen LogP contribution in [0.1, 0.15) is 19.4 Å². The van der Waals surface area contributed by atoms with E-state index in [0.717, 1.165) is 36.2 Å². The van der Waals surface area contributed by atoms with Crippen LogP contribution >= 0.6 is 15.9 Å². The van der Waals surface area contributed by atoms with Crippen LogP contribution < -0.4 is 5.32 Å². The van der Waals surface area contributed by atoms with Crippen molar-refractivity contribution in [2.24, 2.45) is 0 Å². The SMILES string of the molecule is CNC(Cc1cc(F)cc(Br)c1)C1CN(C(C)C)CCO1. The number of nitrogens with one attached hydrogen (secondary N) is 1. The number of hydrogen-bond donors (Lipinski definition) is 1. The highest BCUT2D eigenvalue weighted by Gasteiger charge is 2.28. The highest BCUT2D eigenvalue weighted by molar-refractivity contribution is 9.10. The van der Waals surface area contributed by atoms with Crippen molar-refractivity contribution in [1.29, 1.82) is 0 Å². The summed E-state index contributed by atoms with van der Waals surface area (Å²) in [7, 11) is 1.94. The molecule has 0 amide bonds. The molecule has 1 N–H and O–H groups in total. The van der Waals surface area contributed by atoms with Gasteiger partial charge in [-0.05, 0) is 51.1 Å². The average molecular weight is 359 g/mol. The summed E-state index contributed by atoms with van der Waals surface area (Å²) in [6.45, 7) is 7.07. The number of likely N-dealkylation sites (N-methyl/N-ethyl adjacent to an activating group) is 1. The monoisotopic (exact) mass is 358 g/mol. The molecule has 1 fully saturated rings. The summed E-state index contributed by atoms with van der Waals surface area (Å²) in [5.41, 5.74) is 0.978. The van der Waals surface area contributed by atoms with E-state index in [1.807, 2.05) is 13.1 Å². The molecule has 1 aromatic rings. The van der Waals surface area contributed by atoms with E-state index >= 15 is 0 Å². The third kappa shape index (κ3) is 4.74. The number of nitrogens with zero attached hydrogens (tertiary/aromatic N) is 1. The van der Waals surface area contributed by atoms with E-state index in [1.165, 1.54) is 6.07 Å². The normalized spacial score (nSPS) is 21.7. The molecule has 21 heavy (non-hydrogen) atoms. The van der Waals surface area contributed by atoms with E-state index in [4.69, 9.17) is 4.74 Å². The van der Waals surface area contributed by atoms with E-state index in [0.29, 0.717) is 6.04 Å². The molecule has 1 aromatic carbocycles. The van der Waals surface area contributed by atoms with Crippen LogP contribution in [-0.2, 0) is 11.2 Å². The van der Waals surface area contributed by atoms with Crippen molar-refractivity contribution >= 4 is 15.9 Å². The molecule has 1 aliphatic rings. The van der Waals surface area contributed by atoms with Gasteiger partial charge in [-0.3, -0.25) is 4.90 Å². The minimum Gasteiger partial charge on any atom is -0.374 e. The van der Waals surface area contributed by atoms with Gasteiger partial charge in [-0.2, -0.15) is 0 Å². The van der Waals surface area contributed by atoms with Gasteiger partial charge >= 0.3 is 0 Å². The second-order valence-electron chi connectivity index (χ2n) is 5.87. The lowest BCUT2D eigenvalue weighted by atomic mass is 9.99. The number of hydrogen-bond acceptors (Lipinski definition) is 3. The number of halogens is 2. The first kappa shape index (κ1) is 16.9. The maximum atomic E-state index is 13.5. The highest BCUT2D eigenvalue weighted by Crippen LogP contribution is 2.19. The Hall–Kier alpha value is -0.490. The van der Waals surface area contributed by atoms with Crippen molar-refractivity contribution in [2.75, 3.05) is 26.7 Å². The Morgan fingerprint density at radius 2 is 2.19 bits per heavy atom. The molecule has 118 valence electrons. The van der Waals surface area contributed by atoms with Crippen molar-refractivity contribution in [3.8, 4) is 0 Å². The van der Waals surface area contributed by atoms with Crippen LogP contribution in [0.3, 0.4) is 0 Å². The largest absolute Gasteiger partial charge is 0.374 e. The molecular formula is C16H24BrFN2O. The predicted octanol–water partition coefficient (Wildman–Crippen LogP) is 2.83. The Labute approximate surface area is 135 Å². The van der Waals surface area contributed by atoms with Crippen molar-refractivity contribution < 1.29 is 9.13 Å². The van der Waals surface area contributed by atoms with Gasteiger partial charge in [0.2, 0.25) is 0 Å². The minimum absolute atomic E-state index is 0.133. The predicted molar refractivity (Wildman–Crippen MR) is 87.1 cm³/mol. The third-order valence-electron chi connectivity index (χ3n) is 4.05. The Bertz CT molecular complexity index is 449. The first-order chi connectivity index (χ1) is 9.99. The number of morpholine rings is 1. The fourth-order valence-corrected chi connectivity index (χ4v) is 3.32. The molecule has 0 spiro atoms. The molecule has 0 saturated carbocycles. The van der Waals surface area contributed by atoms with Crippen LogP contribution in [-0.4, -0.2) is 49.8 Å². The zero-order valence-corrected chi connectivity index (χ0v) is 14.5. The summed E-state index contributed by atoms with van der Waals surface area (Å²) in [6.07, 6.45) is 0.886. The van der Waals surface area contributed by atoms with Gasteiger partial charge in [0.05, 0.1) is 12.7 Å². The van der Waals surface area contributed by atoms with Gasteiger partial charge in [0.15, 0.2) is 0 Å². The Morgan fingerprint density at radius 3 is 2.81 bits per heavy atom. The first-order valence-corrected chi connectivity index (χ1v) is 8.26. The lowest BCUT2D eigenvalue weighted by Gasteiger charge is -2.39. The van der Waals surface area contributed by atoms with E-state index in [2.05, 4.69) is 40.0 Å². The second-order valence-corrected chi connectivity index (χ2v) is 6.79. The molecule has 0 aliphatic carbocycles. The molecule has 2 unspecified atom stereocenters. The molecular weight excluding hydrogens is 335 g/mol. The van der Waals surface area contributed by atoms with Crippen LogP contribution in [0.4, 0.5) is 4.39 Å². The van der Waals surface area contributed by atoms with Gasteiger partial charge in [0.25, 0.3) is 0 Å². The smallest absolute Gasteiger partial charge is 0.124 e. The van der Waals surface area contributed by atoms with Gasteiger partial charge in [-0.15, -0.1) is 0 Å². The molecule has 3 nitrogen and oxygen atoms in total. The van der Waals surface area contributed by atoms with E-state index < -0.39 is 0 Å². The molecule has 1 saturated heterocycles. The van der Waals surface area contributed by atoms with Gasteiger partial charge in [0.1, 0.15) is 5.82 Å². The van der Waals surface area contributed by atoms with Crippen molar-refractivity contribution in [3.63, 3.8) is 0 Å². The number of ether oxygens (including phenoxy) is 1. The van der Waals surface area contributed by atoms with Crippen LogP contribution in [0.5, 0.6) is 0 Å². The van der Waals surface area contributed by atoms with Crippen LogP contribution in [0.2, 0.25) is 0 Å². The van der Waals surface area contributed by atoms with Gasteiger partial charge in [-0.25, -0.2) is 4.39 Å². The third-order valence-corrected chi connectivity index (χ3v) is 4.51. The van der Waals surface area contributed by atoms with Gasteiger partial charge in [-0.1, -0.05) is 15.9 Å². The highest BCUT2D eigenvalue weighted by atomic mass is 79.9. The molecule has 5 heteroatoms. The van der Waals surface area contributed by atoms with E-state index in [1.54, 1.807) is 6.07 Å². The fraction of sp³-hybridized carbons (Fsp3) is 0.625. The van der Waals surface area contributed by atoms with Crippen LogP contribution in [0.25, 0.3) is 0 Å². The van der Waals surface area contributed by atoms with E-state index in [-0.39, 0.29) is 18.0 Å². The molecule has 0 bridgehead atoms. The lowest BCUT2D eigenvalue weighted by Crippen LogP contribution is -2.53. The zero-order chi connectivity index (χ0) is 15.4. The average Bonchev–Trinajstić information content (AvgIpc) is 2.44. The van der Waals surface area contributed by atoms with Crippen molar-refractivity contribution in [2.45, 2.75) is 38.5 Å². The molecule has 0 aromatic heterocycles. The topological polar surface area (TPSA) is 24.5 Å². The quantitative estimate of drug-likeness (QED) is 0.875. The fourth-order valence-electron chi connectivity index (χ4n) is 2.81. The van der Waals surface area contributed by atoms with E-state index in [9.17, 15) is 4.39 Å². The molecule has 1 heterocycles. The maximum absolute atomic E-state index is 13.5. The van der Waals surface area contributed by atoms with Gasteiger partial charge < -0.3 is 10.1 Å². The Kier molecular flexibility index (Phi) is 6.17. The van der Waals surface area contributed by atoms with Crippen molar-refractivity contribution in [3.05, 3.63) is 34.1 Å². The van der Waals surface area contributed by atoms with Gasteiger partial charge in [0, 0.05) is 29.6 Å². The lowest BCUT2D eigenvalue weighted by molar-refractivity contribution is -0.0541. The Morgan fingerprint density at radius 1 is 1.43 bits per heavy atom. The molecule has 2 rings (SSSR count). The summed E-state index contributed by atoms with van der Waals surface area (Å²) in [4.78, 5) is 2.43. The zero-order valence-electron chi connectivity index (χ0n) is 12.9. The first-order valence-electron chi connectivity index (χ1n) is 7.47. The van der Waals surface area contributed by atoms with Crippen LogP contribution in [0, 0.1) is 5.82 Å². The summed E-state index contributed by atoms with van der Waals surface area (Å²) >= 11 is 3.35. The molecule has 0 radical (unpaired) electrons. The number of rotatable bonds is 5. The Balaban J connectivity index is 2.05. The standard InChI is InChI=1S/C16H24BrFN2O/c1-11(2)20-4-5-21-16(10-20)15(19-3)8-12-6-13(17)9-14(18)7-12/h6-7,9,11,15-16,19H,4-5,8,10H2,1-3H3. The summed E-state index contributed by atoms with van der Waals surface area (Å²) in [6, 6.07) is 5.75. The molecule has 1 aliphatic heterocycles. The second kappa shape index (κ2) is 7.68. The summed E-state index contributed by atoms with van der Waals surface area (Å²) < 4.78 is 20.2. The summed E-state index contributed by atoms with van der Waals surface area (Å²) in [5, 5.41) is 3.33. The maximum Gasteiger partial charge on any atom is 0.124 e. The minimum atomic E-state index is -0.206. The summed E-state index contributed by atoms with van der Waals surface area (Å²) in [5.74, 6) is -0.206. The van der Waals surface area contributed by atoms with Crippen LogP contribution in [0.15, 0.2) is 22.7 Å². The van der Waals surface area contributed by atoms with Crippen molar-refractivity contribution in [1.82, 2.24) is 10.2 Å².